The molecule has 63 heavy (non-hydrogen) atoms. The number of hydrogen-bond donors (Lipinski definition) is 0. The Morgan fingerprint density at radius 2 is 0.714 bits per heavy atom. The number of rotatable bonds is 9. The molecule has 0 fully saturated rings. The quantitative estimate of drug-likeness (QED) is 0.128. The lowest BCUT2D eigenvalue weighted by Crippen LogP contribution is -2.50. The highest BCUT2D eigenvalue weighted by molar-refractivity contribution is 7.32. The van der Waals surface area contributed by atoms with E-state index in [1.54, 1.807) is 45.3 Å². The minimum Gasteiger partial charge on any atom is -0.485 e. The normalized spacial score (nSPS) is 15.9. The van der Waals surface area contributed by atoms with E-state index in [9.17, 15) is 0 Å². The monoisotopic (exact) mass is 1020 g/mol. The molecule has 0 spiro atoms. The van der Waals surface area contributed by atoms with Crippen LogP contribution < -0.4 is 46.9 Å². The SMILES string of the molecule is Cc1sc(-c2ccc(-c3sc([Si](C)(C)O[Si](C)(C)C)c4c3OCCO4)c3nsnc23)c2c1OCCO2.Cc1sc(-c2sc([Si](C)(C)O[Si](C)(C)C)c3c2OCCO3)c2c1OCCO2. The molecule has 4 aliphatic heterocycles. The van der Waals surface area contributed by atoms with Crippen LogP contribution in [0.25, 0.3) is 41.7 Å². The van der Waals surface area contributed by atoms with Crippen LogP contribution in [0.4, 0.5) is 0 Å². The highest BCUT2D eigenvalue weighted by Gasteiger charge is 2.42. The zero-order valence-electron chi connectivity index (χ0n) is 37.8. The van der Waals surface area contributed by atoms with Crippen molar-refractivity contribution >= 4 is 110 Å². The molecular formula is C42H54N2O10S5Si4. The van der Waals surface area contributed by atoms with Gasteiger partial charge in [0.2, 0.25) is 16.6 Å². The molecule has 4 aliphatic rings. The van der Waals surface area contributed by atoms with Gasteiger partial charge in [-0.05, 0) is 79.3 Å². The molecule has 0 radical (unpaired) electrons. The molecule has 21 heteroatoms. The molecule has 0 bridgehead atoms. The van der Waals surface area contributed by atoms with Crippen LogP contribution in [0.5, 0.6) is 46.0 Å². The van der Waals surface area contributed by atoms with E-state index in [-0.39, 0.29) is 0 Å². The van der Waals surface area contributed by atoms with Crippen molar-refractivity contribution in [3.63, 3.8) is 0 Å². The first-order valence-electron chi connectivity index (χ1n) is 21.1. The highest BCUT2D eigenvalue weighted by atomic mass is 32.1. The first kappa shape index (κ1) is 45.2. The fourth-order valence-electron chi connectivity index (χ4n) is 8.39. The molecule has 0 atom stereocenters. The van der Waals surface area contributed by atoms with Crippen LogP contribution in [-0.4, -0.2) is 94.9 Å². The summed E-state index contributed by atoms with van der Waals surface area (Å²) in [6.45, 7) is 31.1. The average Bonchev–Trinajstić information content (AvgIpc) is 4.06. The Hall–Kier alpha value is -2.97. The van der Waals surface area contributed by atoms with Crippen LogP contribution in [0.2, 0.25) is 65.5 Å². The van der Waals surface area contributed by atoms with Gasteiger partial charge in [-0.25, -0.2) is 0 Å². The van der Waals surface area contributed by atoms with Crippen LogP contribution in [0.3, 0.4) is 0 Å². The van der Waals surface area contributed by atoms with Crippen molar-refractivity contribution in [1.82, 2.24) is 8.75 Å². The van der Waals surface area contributed by atoms with Crippen molar-refractivity contribution in [2.45, 2.75) is 79.3 Å². The fraction of sp³-hybridized carbons (Fsp3) is 0.476. The third-order valence-corrected chi connectivity index (χ3v) is 30.3. The van der Waals surface area contributed by atoms with Crippen molar-refractivity contribution in [1.29, 1.82) is 0 Å². The molecule has 0 N–H and O–H groups in total. The van der Waals surface area contributed by atoms with E-state index in [1.807, 2.05) is 0 Å². The van der Waals surface area contributed by atoms with E-state index in [1.165, 1.54) is 20.7 Å². The number of nitrogens with zero attached hydrogens (tertiary/aromatic N) is 2. The maximum atomic E-state index is 6.73. The second kappa shape index (κ2) is 17.0. The summed E-state index contributed by atoms with van der Waals surface area (Å²) in [4.78, 5) is 6.48. The lowest BCUT2D eigenvalue weighted by molar-refractivity contribution is 0.171. The number of aryl methyl sites for hydroxylation is 2. The van der Waals surface area contributed by atoms with Gasteiger partial charge in [0, 0.05) is 20.9 Å². The van der Waals surface area contributed by atoms with E-state index >= 15 is 0 Å². The van der Waals surface area contributed by atoms with Crippen LogP contribution in [0.1, 0.15) is 9.75 Å². The summed E-state index contributed by atoms with van der Waals surface area (Å²) >= 11 is 8.08. The van der Waals surface area contributed by atoms with E-state index in [2.05, 4.69) is 91.5 Å². The van der Waals surface area contributed by atoms with Crippen molar-refractivity contribution in [3.8, 4) is 76.6 Å². The van der Waals surface area contributed by atoms with E-state index in [0.29, 0.717) is 52.9 Å². The molecule has 0 saturated carbocycles. The van der Waals surface area contributed by atoms with Gasteiger partial charge in [-0.3, -0.25) is 0 Å². The topological polar surface area (TPSA) is 118 Å². The summed E-state index contributed by atoms with van der Waals surface area (Å²) in [7, 11) is -7.78. The van der Waals surface area contributed by atoms with Gasteiger partial charge < -0.3 is 46.1 Å². The summed E-state index contributed by atoms with van der Waals surface area (Å²) in [5, 5.41) is 0. The fourth-order valence-corrected chi connectivity index (χ4v) is 30.9. The van der Waals surface area contributed by atoms with Gasteiger partial charge >= 0.3 is 0 Å². The largest absolute Gasteiger partial charge is 0.485 e. The maximum Gasteiger partial charge on any atom is 0.221 e. The Balaban J connectivity index is 0.000000167. The zero-order chi connectivity index (χ0) is 44.6. The van der Waals surface area contributed by atoms with Crippen LogP contribution in [0.15, 0.2) is 12.1 Å². The predicted molar refractivity (Wildman–Crippen MR) is 268 cm³/mol. The Bertz CT molecular complexity index is 2690. The minimum atomic E-state index is -2.22. The number of aromatic nitrogens is 2. The Kier molecular flexibility index (Phi) is 12.2. The maximum absolute atomic E-state index is 6.73. The number of fused-ring (bicyclic) bond motifs is 5. The third kappa shape index (κ3) is 8.76. The van der Waals surface area contributed by atoms with Crippen LogP contribution >= 0.6 is 57.1 Å². The molecule has 0 saturated heterocycles. The van der Waals surface area contributed by atoms with Crippen LogP contribution in [-0.2, 0) is 8.23 Å². The van der Waals surface area contributed by atoms with Gasteiger partial charge in [0.25, 0.3) is 0 Å². The summed E-state index contributed by atoms with van der Waals surface area (Å²) in [5.41, 5.74) is 3.76. The average molecular weight is 1020 g/mol. The molecule has 6 aromatic rings. The van der Waals surface area contributed by atoms with Crippen LogP contribution in [0, 0.1) is 13.8 Å². The number of benzene rings is 1. The van der Waals surface area contributed by atoms with E-state index < -0.39 is 33.3 Å². The van der Waals surface area contributed by atoms with Gasteiger partial charge in [0.15, 0.2) is 62.6 Å². The second-order valence-corrected chi connectivity index (χ2v) is 41.4. The van der Waals surface area contributed by atoms with Crippen molar-refractivity contribution in [2.75, 3.05) is 52.9 Å². The third-order valence-electron chi connectivity index (χ3n) is 10.3. The molecular weight excluding hydrogens is 965 g/mol. The molecule has 9 heterocycles. The Morgan fingerprint density at radius 3 is 1.14 bits per heavy atom. The number of ether oxygens (including phenoxy) is 8. The van der Waals surface area contributed by atoms with Crippen molar-refractivity contribution in [2.24, 2.45) is 0 Å². The van der Waals surface area contributed by atoms with E-state index in [4.69, 9.17) is 54.9 Å². The molecule has 12 nitrogen and oxygen atoms in total. The lowest BCUT2D eigenvalue weighted by atomic mass is 10.0. The second-order valence-electron chi connectivity index (χ2n) is 18.5. The Labute approximate surface area is 393 Å². The first-order valence-corrected chi connectivity index (χ1v) is 37.7. The summed E-state index contributed by atoms with van der Waals surface area (Å²) < 4.78 is 73.6. The number of hydrogen-bond acceptors (Lipinski definition) is 17. The molecule has 5 aromatic heterocycles. The van der Waals surface area contributed by atoms with Crippen molar-refractivity contribution < 1.29 is 46.1 Å². The molecule has 0 unspecified atom stereocenters. The number of thiophene rings is 4. The van der Waals surface area contributed by atoms with E-state index in [0.717, 1.165) is 97.4 Å². The Morgan fingerprint density at radius 1 is 0.413 bits per heavy atom. The van der Waals surface area contributed by atoms with Gasteiger partial charge in [-0.1, -0.05) is 12.1 Å². The minimum absolute atomic E-state index is 0.529. The van der Waals surface area contributed by atoms with Gasteiger partial charge in [-0.15, -0.1) is 45.3 Å². The molecule has 1 aromatic carbocycles. The standard InChI is InChI=1S/C24H28N2O5S3Si2.C18H26O5S2Si2/c1-13-18-19(28-10-9-27-18)22(32-13)14-7-8-15(17-16(14)25-34-26-17)23-20-21(30-12-11-29-20)24(33-23)36(5,6)31-35(2,3)4;1-11-12-13(20-8-7-19-12)16(24-11)17-14-15(22-10-9-21-14)18(25-17)27(5,6)23-26(2,3)4/h7-8H,9-12H2,1-6H3;7-10H2,1-6H3. The molecule has 10 rings (SSSR count). The van der Waals surface area contributed by atoms with Gasteiger partial charge in [0.05, 0.1) is 40.2 Å². The van der Waals surface area contributed by atoms with Gasteiger partial charge in [0.1, 0.15) is 63.9 Å². The summed E-state index contributed by atoms with van der Waals surface area (Å²) in [6.07, 6.45) is 0. The smallest absolute Gasteiger partial charge is 0.221 e. The lowest BCUT2D eigenvalue weighted by Gasteiger charge is -2.31. The first-order chi connectivity index (χ1) is 29.8. The van der Waals surface area contributed by atoms with Crippen molar-refractivity contribution in [3.05, 3.63) is 21.9 Å². The molecule has 338 valence electrons. The zero-order valence-corrected chi connectivity index (χ0v) is 45.9. The predicted octanol–water partition coefficient (Wildman–Crippen LogP) is 10.9. The highest BCUT2D eigenvalue weighted by Crippen LogP contribution is 2.56. The summed E-state index contributed by atoms with van der Waals surface area (Å²) in [5.74, 6) is 6.77. The molecule has 0 amide bonds. The molecule has 0 aliphatic carbocycles. The summed E-state index contributed by atoms with van der Waals surface area (Å²) in [6, 6.07) is 4.26. The van der Waals surface area contributed by atoms with Gasteiger partial charge in [-0.2, -0.15) is 8.75 Å².